The van der Waals surface area contributed by atoms with Gasteiger partial charge in [0, 0.05) is 5.92 Å². The molecule has 0 saturated heterocycles. The number of aliphatic carboxylic acids is 1. The summed E-state index contributed by atoms with van der Waals surface area (Å²) in [6.07, 6.45) is 1.11. The maximum Gasteiger partial charge on any atom is 0.331 e. The summed E-state index contributed by atoms with van der Waals surface area (Å²) in [5, 5.41) is 9.08. The first-order valence-electron chi connectivity index (χ1n) is 5.10. The zero-order valence-corrected chi connectivity index (χ0v) is 8.91. The molecule has 1 aromatic heterocycles. The van der Waals surface area contributed by atoms with Gasteiger partial charge in [-0.15, -0.1) is 0 Å². The molecule has 1 heterocycles. The Morgan fingerprint density at radius 2 is 2.33 bits per heavy atom. The van der Waals surface area contributed by atoms with E-state index < -0.39 is 11.5 Å². The molecule has 4 heteroatoms. The number of hydrogen-bond acceptors (Lipinski definition) is 3. The Kier molecular flexibility index (Phi) is 2.12. The average Bonchev–Trinajstić information content (AvgIpc) is 2.67. The van der Waals surface area contributed by atoms with E-state index in [9.17, 15) is 4.79 Å². The van der Waals surface area contributed by atoms with Gasteiger partial charge >= 0.3 is 5.97 Å². The molecule has 1 atom stereocenters. The standard InChI is InChI=1S/C11H15NO3/c1-6(2)8-5-7-3-4-11(12,10(13)14)9(7)15-8/h5-6H,3-4,12H2,1-2H3,(H,13,14). The van der Waals surface area contributed by atoms with Gasteiger partial charge in [-0.25, -0.2) is 4.79 Å². The van der Waals surface area contributed by atoms with Crippen LogP contribution in [0.25, 0.3) is 0 Å². The summed E-state index contributed by atoms with van der Waals surface area (Å²) < 4.78 is 5.56. The minimum Gasteiger partial charge on any atom is -0.480 e. The Morgan fingerprint density at radius 3 is 2.87 bits per heavy atom. The lowest BCUT2D eigenvalue weighted by atomic mass is 10.00. The van der Waals surface area contributed by atoms with E-state index in [-0.39, 0.29) is 5.92 Å². The summed E-state index contributed by atoms with van der Waals surface area (Å²) >= 11 is 0. The topological polar surface area (TPSA) is 76.5 Å². The molecule has 1 aliphatic rings. The van der Waals surface area contributed by atoms with Crippen molar-refractivity contribution in [1.29, 1.82) is 0 Å². The molecule has 0 aliphatic heterocycles. The van der Waals surface area contributed by atoms with E-state index in [1.54, 1.807) is 0 Å². The summed E-state index contributed by atoms with van der Waals surface area (Å²) in [5.41, 5.74) is 5.46. The Bertz CT molecular complexity index is 408. The molecule has 0 amide bonds. The Morgan fingerprint density at radius 1 is 1.67 bits per heavy atom. The van der Waals surface area contributed by atoms with Crippen LogP contribution in [-0.4, -0.2) is 11.1 Å². The van der Waals surface area contributed by atoms with Crippen molar-refractivity contribution in [2.24, 2.45) is 5.73 Å². The van der Waals surface area contributed by atoms with Crippen molar-refractivity contribution in [3.8, 4) is 0 Å². The number of nitrogens with two attached hydrogens (primary N) is 1. The fraction of sp³-hybridized carbons (Fsp3) is 0.545. The predicted molar refractivity (Wildman–Crippen MR) is 54.6 cm³/mol. The second-order valence-corrected chi connectivity index (χ2v) is 4.43. The minimum atomic E-state index is -1.32. The molecule has 0 spiro atoms. The van der Waals surface area contributed by atoms with Crippen LogP contribution in [0.4, 0.5) is 0 Å². The monoisotopic (exact) mass is 209 g/mol. The van der Waals surface area contributed by atoms with Gasteiger partial charge in [0.05, 0.1) is 0 Å². The van der Waals surface area contributed by atoms with Gasteiger partial charge in [-0.1, -0.05) is 13.8 Å². The molecule has 1 aromatic rings. The smallest absolute Gasteiger partial charge is 0.331 e. The molecule has 2 rings (SSSR count). The van der Waals surface area contributed by atoms with Gasteiger partial charge in [0.25, 0.3) is 0 Å². The fourth-order valence-electron chi connectivity index (χ4n) is 1.95. The number of carbonyl (C=O) groups is 1. The largest absolute Gasteiger partial charge is 0.480 e. The third-order valence-corrected chi connectivity index (χ3v) is 2.97. The van der Waals surface area contributed by atoms with Gasteiger partial charge in [0.2, 0.25) is 0 Å². The van der Waals surface area contributed by atoms with Crippen molar-refractivity contribution in [1.82, 2.24) is 0 Å². The summed E-state index contributed by atoms with van der Waals surface area (Å²) in [4.78, 5) is 11.1. The normalized spacial score (nSPS) is 24.5. The van der Waals surface area contributed by atoms with Crippen LogP contribution in [0.15, 0.2) is 10.5 Å². The summed E-state index contributed by atoms with van der Waals surface area (Å²) in [6.45, 7) is 4.01. The first-order valence-corrected chi connectivity index (χ1v) is 5.10. The zero-order chi connectivity index (χ0) is 11.2. The molecule has 1 unspecified atom stereocenters. The predicted octanol–water partition coefficient (Wildman–Crippen LogP) is 1.59. The average molecular weight is 209 g/mol. The number of hydrogen-bond donors (Lipinski definition) is 2. The highest BCUT2D eigenvalue weighted by atomic mass is 16.4. The summed E-state index contributed by atoms with van der Waals surface area (Å²) in [7, 11) is 0. The van der Waals surface area contributed by atoms with Crippen LogP contribution in [0, 0.1) is 0 Å². The van der Waals surface area contributed by atoms with Crippen LogP contribution >= 0.6 is 0 Å². The third kappa shape index (κ3) is 1.36. The van der Waals surface area contributed by atoms with E-state index >= 15 is 0 Å². The van der Waals surface area contributed by atoms with E-state index in [4.69, 9.17) is 15.3 Å². The van der Waals surface area contributed by atoms with E-state index in [1.165, 1.54) is 0 Å². The Labute approximate surface area is 88.1 Å². The molecular weight excluding hydrogens is 194 g/mol. The number of furan rings is 1. The number of carboxylic acid groups (broad SMARTS) is 1. The third-order valence-electron chi connectivity index (χ3n) is 2.97. The molecule has 0 bridgehead atoms. The van der Waals surface area contributed by atoms with Crippen LogP contribution in [0.3, 0.4) is 0 Å². The van der Waals surface area contributed by atoms with Crippen LogP contribution in [0.5, 0.6) is 0 Å². The highest BCUT2D eigenvalue weighted by molar-refractivity contribution is 5.81. The van der Waals surface area contributed by atoms with Gasteiger partial charge in [-0.3, -0.25) is 0 Å². The lowest BCUT2D eigenvalue weighted by Gasteiger charge is -2.16. The molecular formula is C11H15NO3. The van der Waals surface area contributed by atoms with Gasteiger partial charge < -0.3 is 15.3 Å². The van der Waals surface area contributed by atoms with E-state index in [2.05, 4.69) is 0 Å². The SMILES string of the molecule is CC(C)c1cc2c(o1)C(N)(C(=O)O)CC2. The van der Waals surface area contributed by atoms with Crippen molar-refractivity contribution in [3.63, 3.8) is 0 Å². The van der Waals surface area contributed by atoms with Gasteiger partial charge in [-0.2, -0.15) is 0 Å². The lowest BCUT2D eigenvalue weighted by Crippen LogP contribution is -2.42. The fourth-order valence-corrected chi connectivity index (χ4v) is 1.95. The molecule has 15 heavy (non-hydrogen) atoms. The van der Waals surface area contributed by atoms with Crippen LogP contribution < -0.4 is 5.73 Å². The quantitative estimate of drug-likeness (QED) is 0.775. The van der Waals surface area contributed by atoms with Crippen molar-refractivity contribution in [3.05, 3.63) is 23.2 Å². The molecule has 3 N–H and O–H groups in total. The van der Waals surface area contributed by atoms with Crippen molar-refractivity contribution in [2.45, 2.75) is 38.1 Å². The van der Waals surface area contributed by atoms with Gasteiger partial charge in [-0.05, 0) is 24.5 Å². The Hall–Kier alpha value is -1.29. The summed E-state index contributed by atoms with van der Waals surface area (Å²) in [6, 6.07) is 1.93. The van der Waals surface area contributed by atoms with E-state index in [0.717, 1.165) is 11.3 Å². The number of fused-ring (bicyclic) bond motifs is 1. The number of rotatable bonds is 2. The molecule has 0 saturated carbocycles. The van der Waals surface area contributed by atoms with Crippen LogP contribution in [0.1, 0.15) is 43.3 Å². The molecule has 82 valence electrons. The van der Waals surface area contributed by atoms with Crippen molar-refractivity contribution >= 4 is 5.97 Å². The van der Waals surface area contributed by atoms with Crippen molar-refractivity contribution < 1.29 is 14.3 Å². The molecule has 0 aromatic carbocycles. The number of carboxylic acids is 1. The first kappa shape index (κ1) is 10.2. The second kappa shape index (κ2) is 3.10. The highest BCUT2D eigenvalue weighted by Gasteiger charge is 2.45. The first-order chi connectivity index (χ1) is 6.95. The van der Waals surface area contributed by atoms with E-state index in [1.807, 2.05) is 19.9 Å². The Balaban J connectivity index is 2.46. The molecule has 0 radical (unpaired) electrons. The zero-order valence-electron chi connectivity index (χ0n) is 8.91. The number of aryl methyl sites for hydroxylation is 1. The van der Waals surface area contributed by atoms with Gasteiger partial charge in [0.1, 0.15) is 11.5 Å². The molecule has 1 aliphatic carbocycles. The maximum absolute atomic E-state index is 11.1. The highest BCUT2D eigenvalue weighted by Crippen LogP contribution is 2.38. The van der Waals surface area contributed by atoms with E-state index in [0.29, 0.717) is 18.6 Å². The van der Waals surface area contributed by atoms with Crippen LogP contribution in [-0.2, 0) is 16.8 Å². The van der Waals surface area contributed by atoms with Gasteiger partial charge in [0.15, 0.2) is 5.54 Å². The van der Waals surface area contributed by atoms with Crippen molar-refractivity contribution in [2.75, 3.05) is 0 Å². The minimum absolute atomic E-state index is 0.258. The maximum atomic E-state index is 11.1. The van der Waals surface area contributed by atoms with Crippen LogP contribution in [0.2, 0.25) is 0 Å². The molecule has 4 nitrogen and oxygen atoms in total. The molecule has 0 fully saturated rings. The lowest BCUT2D eigenvalue weighted by molar-refractivity contribution is -0.144. The second-order valence-electron chi connectivity index (χ2n) is 4.43. The summed E-state index contributed by atoms with van der Waals surface area (Å²) in [5.74, 6) is 0.508.